The van der Waals surface area contributed by atoms with E-state index in [1.54, 1.807) is 6.20 Å². The van der Waals surface area contributed by atoms with E-state index in [4.69, 9.17) is 9.15 Å². The zero-order valence-electron chi connectivity index (χ0n) is 14.7. The molecule has 1 aliphatic carbocycles. The highest BCUT2D eigenvalue weighted by atomic mass is 16.5. The molecule has 5 nitrogen and oxygen atoms in total. The van der Waals surface area contributed by atoms with Crippen LogP contribution in [0.5, 0.6) is 0 Å². The van der Waals surface area contributed by atoms with Crippen LogP contribution in [-0.4, -0.2) is 46.9 Å². The molecule has 0 spiro atoms. The van der Waals surface area contributed by atoms with E-state index in [1.165, 1.54) is 5.56 Å². The Morgan fingerprint density at radius 2 is 2.08 bits per heavy atom. The summed E-state index contributed by atoms with van der Waals surface area (Å²) in [5.41, 5.74) is 2.28. The third kappa shape index (κ3) is 3.64. The molecule has 0 unspecified atom stereocenters. The number of oxazole rings is 1. The van der Waals surface area contributed by atoms with Gasteiger partial charge in [0.25, 0.3) is 0 Å². The Kier molecular flexibility index (Phi) is 4.88. The minimum atomic E-state index is -0.207. The van der Waals surface area contributed by atoms with Crippen LogP contribution in [-0.2, 0) is 11.3 Å². The van der Waals surface area contributed by atoms with E-state index in [9.17, 15) is 5.11 Å². The number of hydrogen-bond acceptors (Lipinski definition) is 5. The Balaban J connectivity index is 1.47. The highest BCUT2D eigenvalue weighted by Gasteiger charge is 2.37. The third-order valence-corrected chi connectivity index (χ3v) is 5.53. The Morgan fingerprint density at radius 1 is 1.24 bits per heavy atom. The van der Waals surface area contributed by atoms with Crippen molar-refractivity contribution in [3.8, 4) is 11.3 Å². The molecule has 25 heavy (non-hydrogen) atoms. The maximum atomic E-state index is 10.3. The number of aromatic nitrogens is 1. The molecule has 0 radical (unpaired) electrons. The van der Waals surface area contributed by atoms with Crippen molar-refractivity contribution >= 4 is 0 Å². The summed E-state index contributed by atoms with van der Waals surface area (Å²) in [4.78, 5) is 6.85. The lowest BCUT2D eigenvalue weighted by Crippen LogP contribution is -2.50. The lowest BCUT2D eigenvalue weighted by atomic mass is 9.94. The van der Waals surface area contributed by atoms with Crippen LogP contribution in [0.15, 0.2) is 34.9 Å². The van der Waals surface area contributed by atoms with E-state index >= 15 is 0 Å². The van der Waals surface area contributed by atoms with E-state index < -0.39 is 0 Å². The highest BCUT2D eigenvalue weighted by Crippen LogP contribution is 2.33. The smallest absolute Gasteiger partial charge is 0.209 e. The first-order valence-corrected chi connectivity index (χ1v) is 9.22. The normalized spacial score (nSPS) is 27.7. The van der Waals surface area contributed by atoms with Gasteiger partial charge in [0.05, 0.1) is 32.1 Å². The average Bonchev–Trinajstić information content (AvgIpc) is 3.25. The molecule has 2 aliphatic rings. The van der Waals surface area contributed by atoms with Gasteiger partial charge in [-0.1, -0.05) is 36.2 Å². The fourth-order valence-corrected chi connectivity index (χ4v) is 4.07. The second-order valence-corrected chi connectivity index (χ2v) is 7.26. The lowest BCUT2D eigenvalue weighted by molar-refractivity contribution is -0.0562. The number of hydrogen-bond donors (Lipinski definition) is 1. The average molecular weight is 342 g/mol. The zero-order valence-corrected chi connectivity index (χ0v) is 14.7. The zero-order chi connectivity index (χ0) is 17.2. The largest absolute Gasteiger partial charge is 0.439 e. The summed E-state index contributed by atoms with van der Waals surface area (Å²) in [6, 6.07) is 8.53. The molecule has 1 saturated carbocycles. The topological polar surface area (TPSA) is 58.7 Å². The number of morpholine rings is 1. The predicted octanol–water partition coefficient (Wildman–Crippen LogP) is 3.01. The molecule has 1 saturated heterocycles. The highest BCUT2D eigenvalue weighted by molar-refractivity contribution is 5.56. The first-order chi connectivity index (χ1) is 12.2. The van der Waals surface area contributed by atoms with E-state index in [-0.39, 0.29) is 12.1 Å². The van der Waals surface area contributed by atoms with Gasteiger partial charge >= 0.3 is 0 Å². The maximum Gasteiger partial charge on any atom is 0.209 e. The molecule has 3 atom stereocenters. The van der Waals surface area contributed by atoms with Gasteiger partial charge in [-0.3, -0.25) is 4.90 Å². The molecule has 1 N–H and O–H groups in total. The van der Waals surface area contributed by atoms with Crippen molar-refractivity contribution in [1.82, 2.24) is 9.88 Å². The van der Waals surface area contributed by atoms with Crippen LogP contribution in [0.4, 0.5) is 0 Å². The predicted molar refractivity (Wildman–Crippen MR) is 95.0 cm³/mol. The third-order valence-electron chi connectivity index (χ3n) is 5.53. The van der Waals surface area contributed by atoms with E-state index in [2.05, 4.69) is 41.1 Å². The second-order valence-electron chi connectivity index (χ2n) is 7.26. The molecular weight excluding hydrogens is 316 g/mol. The van der Waals surface area contributed by atoms with E-state index in [1.807, 2.05) is 0 Å². The quantitative estimate of drug-likeness (QED) is 0.925. The molecule has 1 aromatic carbocycles. The Labute approximate surface area is 148 Å². The standard InChI is InChI=1S/C20H26N2O3/c1-14-5-7-15(8-6-14)19-11-21-20(25-19)12-22-9-10-24-13-17(22)16-3-2-4-18(16)23/h5-8,11,16-18,23H,2-4,9-10,12-13H2,1H3/t16-,17-,18+/m1/s1. The lowest BCUT2D eigenvalue weighted by Gasteiger charge is -2.39. The fraction of sp³-hybridized carbons (Fsp3) is 0.550. The molecule has 0 amide bonds. The van der Waals surface area contributed by atoms with Gasteiger partial charge in [0.1, 0.15) is 0 Å². The summed E-state index contributed by atoms with van der Waals surface area (Å²) < 4.78 is 11.7. The van der Waals surface area contributed by atoms with Crippen molar-refractivity contribution in [2.45, 2.75) is 44.9 Å². The first kappa shape index (κ1) is 16.8. The number of benzene rings is 1. The first-order valence-electron chi connectivity index (χ1n) is 9.22. The summed E-state index contributed by atoms with van der Waals surface area (Å²) in [7, 11) is 0. The van der Waals surface area contributed by atoms with Crippen LogP contribution >= 0.6 is 0 Å². The molecule has 4 rings (SSSR count). The van der Waals surface area contributed by atoms with Crippen LogP contribution in [0.25, 0.3) is 11.3 Å². The Bertz CT molecular complexity index is 697. The van der Waals surface area contributed by atoms with Crippen LogP contribution in [0, 0.1) is 12.8 Å². The van der Waals surface area contributed by atoms with Gasteiger partial charge in [-0.2, -0.15) is 0 Å². The summed E-state index contributed by atoms with van der Waals surface area (Å²) in [6.07, 6.45) is 4.69. The van der Waals surface area contributed by atoms with Crippen LogP contribution in [0.3, 0.4) is 0 Å². The molecule has 2 aromatic rings. The van der Waals surface area contributed by atoms with Crippen molar-refractivity contribution in [3.05, 3.63) is 41.9 Å². The number of ether oxygens (including phenoxy) is 1. The monoisotopic (exact) mass is 342 g/mol. The van der Waals surface area contributed by atoms with Gasteiger partial charge in [0.2, 0.25) is 5.89 Å². The molecule has 0 bridgehead atoms. The van der Waals surface area contributed by atoms with Gasteiger partial charge in [-0.15, -0.1) is 0 Å². The minimum Gasteiger partial charge on any atom is -0.439 e. The molecule has 1 aromatic heterocycles. The molecular formula is C20H26N2O3. The summed E-state index contributed by atoms with van der Waals surface area (Å²) in [5.74, 6) is 1.84. The van der Waals surface area contributed by atoms with Gasteiger partial charge < -0.3 is 14.3 Å². The minimum absolute atomic E-state index is 0.207. The summed E-state index contributed by atoms with van der Waals surface area (Å²) in [5, 5.41) is 10.3. The van der Waals surface area contributed by atoms with E-state index in [0.717, 1.165) is 49.6 Å². The SMILES string of the molecule is Cc1ccc(-c2cnc(CN3CCOC[C@@H]3[C@H]3CCC[C@@H]3O)o2)cc1. The van der Waals surface area contributed by atoms with Crippen molar-refractivity contribution in [2.24, 2.45) is 5.92 Å². The van der Waals surface area contributed by atoms with Crippen molar-refractivity contribution < 1.29 is 14.3 Å². The molecule has 2 heterocycles. The van der Waals surface area contributed by atoms with Crippen molar-refractivity contribution in [2.75, 3.05) is 19.8 Å². The number of rotatable bonds is 4. The summed E-state index contributed by atoms with van der Waals surface area (Å²) in [6.45, 7) is 5.02. The van der Waals surface area contributed by atoms with Gasteiger partial charge in [-0.05, 0) is 19.8 Å². The number of nitrogens with zero attached hydrogens (tertiary/aromatic N) is 2. The Hall–Kier alpha value is -1.69. The van der Waals surface area contributed by atoms with Crippen LogP contribution in [0.2, 0.25) is 0 Å². The molecule has 1 aliphatic heterocycles. The van der Waals surface area contributed by atoms with Crippen LogP contribution < -0.4 is 0 Å². The fourth-order valence-electron chi connectivity index (χ4n) is 4.07. The molecule has 5 heteroatoms. The van der Waals surface area contributed by atoms with Gasteiger partial charge in [0.15, 0.2) is 5.76 Å². The second kappa shape index (κ2) is 7.28. The molecule has 134 valence electrons. The van der Waals surface area contributed by atoms with Gasteiger partial charge in [-0.25, -0.2) is 4.98 Å². The number of aliphatic hydroxyl groups excluding tert-OH is 1. The van der Waals surface area contributed by atoms with Crippen LogP contribution in [0.1, 0.15) is 30.7 Å². The number of aryl methyl sites for hydroxylation is 1. The summed E-state index contributed by atoms with van der Waals surface area (Å²) >= 11 is 0. The van der Waals surface area contributed by atoms with Gasteiger partial charge in [0, 0.05) is 24.1 Å². The number of aliphatic hydroxyl groups is 1. The van der Waals surface area contributed by atoms with Crippen molar-refractivity contribution in [1.29, 1.82) is 0 Å². The molecule has 2 fully saturated rings. The Morgan fingerprint density at radius 3 is 2.84 bits per heavy atom. The van der Waals surface area contributed by atoms with Crippen molar-refractivity contribution in [3.63, 3.8) is 0 Å². The van der Waals surface area contributed by atoms with E-state index in [0.29, 0.717) is 19.1 Å². The maximum absolute atomic E-state index is 10.3.